The Morgan fingerprint density at radius 1 is 1.21 bits per heavy atom. The van der Waals surface area contributed by atoms with Crippen LogP contribution in [0.3, 0.4) is 0 Å². The predicted molar refractivity (Wildman–Crippen MR) is 73.9 cm³/mol. The zero-order chi connectivity index (χ0) is 14.3. The van der Waals surface area contributed by atoms with Crippen molar-refractivity contribution in [1.82, 2.24) is 9.80 Å². The van der Waals surface area contributed by atoms with E-state index in [1.165, 1.54) is 7.11 Å². The summed E-state index contributed by atoms with van der Waals surface area (Å²) in [5, 5.41) is 0. The van der Waals surface area contributed by atoms with Crippen LogP contribution < -0.4 is 0 Å². The molecule has 0 bridgehead atoms. The standard InChI is InChI=1S/C14H26N2O3/c1-4-9-15(10-5-2)13(17)12-8-6-7-11-16(12)14(18)19-3/h12H,4-11H2,1-3H3/t12-/m1/s1. The summed E-state index contributed by atoms with van der Waals surface area (Å²) in [6, 6.07) is -0.334. The first kappa shape index (κ1) is 15.8. The monoisotopic (exact) mass is 270 g/mol. The summed E-state index contributed by atoms with van der Waals surface area (Å²) in [4.78, 5) is 27.8. The molecule has 5 nitrogen and oxygen atoms in total. The minimum absolute atomic E-state index is 0.0776. The fourth-order valence-corrected chi connectivity index (χ4v) is 2.61. The summed E-state index contributed by atoms with van der Waals surface area (Å²) in [5.74, 6) is 0.0776. The van der Waals surface area contributed by atoms with Crippen molar-refractivity contribution >= 4 is 12.0 Å². The molecule has 0 spiro atoms. The Bertz CT molecular complexity index is 301. The van der Waals surface area contributed by atoms with E-state index >= 15 is 0 Å². The van der Waals surface area contributed by atoms with Crippen LogP contribution in [0.5, 0.6) is 0 Å². The Balaban J connectivity index is 2.76. The van der Waals surface area contributed by atoms with Crippen LogP contribution >= 0.6 is 0 Å². The quantitative estimate of drug-likeness (QED) is 0.770. The van der Waals surface area contributed by atoms with Crippen molar-refractivity contribution < 1.29 is 14.3 Å². The third kappa shape index (κ3) is 4.11. The molecule has 0 aromatic heterocycles. The van der Waals surface area contributed by atoms with E-state index in [2.05, 4.69) is 13.8 Å². The second kappa shape index (κ2) is 8.02. The number of methoxy groups -OCH3 is 1. The van der Waals surface area contributed by atoms with Gasteiger partial charge in [-0.1, -0.05) is 13.8 Å². The van der Waals surface area contributed by atoms with Gasteiger partial charge in [0.1, 0.15) is 6.04 Å². The van der Waals surface area contributed by atoms with Crippen LogP contribution in [0.1, 0.15) is 46.0 Å². The largest absolute Gasteiger partial charge is 0.453 e. The Kier molecular flexibility index (Phi) is 6.67. The van der Waals surface area contributed by atoms with Gasteiger partial charge in [0.05, 0.1) is 7.11 Å². The number of rotatable bonds is 5. The highest BCUT2D eigenvalue weighted by Crippen LogP contribution is 2.20. The number of likely N-dealkylation sites (tertiary alicyclic amines) is 1. The Hall–Kier alpha value is -1.26. The van der Waals surface area contributed by atoms with Crippen LogP contribution in [0.2, 0.25) is 0 Å². The zero-order valence-electron chi connectivity index (χ0n) is 12.4. The molecular weight excluding hydrogens is 244 g/mol. The lowest BCUT2D eigenvalue weighted by Gasteiger charge is -2.36. The van der Waals surface area contributed by atoms with Crippen LogP contribution in [-0.2, 0) is 9.53 Å². The molecule has 1 aliphatic rings. The number of carbonyl (C=O) groups is 2. The molecular formula is C14H26N2O3. The molecule has 1 atom stereocenters. The molecule has 19 heavy (non-hydrogen) atoms. The average molecular weight is 270 g/mol. The van der Waals surface area contributed by atoms with Crippen LogP contribution in [0.4, 0.5) is 4.79 Å². The fourth-order valence-electron chi connectivity index (χ4n) is 2.61. The average Bonchev–Trinajstić information content (AvgIpc) is 2.45. The minimum atomic E-state index is -0.383. The smallest absolute Gasteiger partial charge is 0.410 e. The number of piperidine rings is 1. The molecule has 1 saturated heterocycles. The van der Waals surface area contributed by atoms with E-state index in [-0.39, 0.29) is 18.0 Å². The van der Waals surface area contributed by atoms with Gasteiger partial charge in [-0.05, 0) is 32.1 Å². The van der Waals surface area contributed by atoms with Gasteiger partial charge < -0.3 is 9.64 Å². The van der Waals surface area contributed by atoms with Gasteiger partial charge in [0.2, 0.25) is 5.91 Å². The van der Waals surface area contributed by atoms with Crippen LogP contribution in [0, 0.1) is 0 Å². The number of hydrogen-bond acceptors (Lipinski definition) is 3. The molecule has 0 aromatic rings. The number of nitrogens with zero attached hydrogens (tertiary/aromatic N) is 2. The zero-order valence-corrected chi connectivity index (χ0v) is 12.4. The molecule has 110 valence electrons. The van der Waals surface area contributed by atoms with Crippen molar-refractivity contribution in [2.24, 2.45) is 0 Å². The Morgan fingerprint density at radius 2 is 1.84 bits per heavy atom. The van der Waals surface area contributed by atoms with E-state index in [9.17, 15) is 9.59 Å². The molecule has 0 saturated carbocycles. The molecule has 5 heteroatoms. The number of carbonyl (C=O) groups excluding carboxylic acids is 2. The Labute approximate surface area is 115 Å². The van der Waals surface area contributed by atoms with E-state index < -0.39 is 0 Å². The number of ether oxygens (including phenoxy) is 1. The number of amides is 2. The molecule has 1 rings (SSSR count). The van der Waals surface area contributed by atoms with E-state index in [1.807, 2.05) is 4.90 Å². The maximum Gasteiger partial charge on any atom is 0.410 e. The lowest BCUT2D eigenvalue weighted by molar-refractivity contribution is -0.137. The summed E-state index contributed by atoms with van der Waals surface area (Å²) < 4.78 is 4.79. The van der Waals surface area contributed by atoms with Gasteiger partial charge in [-0.2, -0.15) is 0 Å². The molecule has 0 unspecified atom stereocenters. The molecule has 1 heterocycles. The molecule has 0 aliphatic carbocycles. The lowest BCUT2D eigenvalue weighted by Crippen LogP contribution is -2.53. The molecule has 1 aliphatic heterocycles. The highest BCUT2D eigenvalue weighted by atomic mass is 16.5. The van der Waals surface area contributed by atoms with Crippen molar-refractivity contribution in [3.05, 3.63) is 0 Å². The summed E-state index contributed by atoms with van der Waals surface area (Å²) in [5.41, 5.74) is 0. The van der Waals surface area contributed by atoms with Crippen LogP contribution in [0.15, 0.2) is 0 Å². The van der Waals surface area contributed by atoms with Crippen molar-refractivity contribution in [2.45, 2.75) is 52.0 Å². The van der Waals surface area contributed by atoms with Gasteiger partial charge in [0.25, 0.3) is 0 Å². The van der Waals surface area contributed by atoms with Crippen LogP contribution in [-0.4, -0.2) is 54.6 Å². The lowest BCUT2D eigenvalue weighted by atomic mass is 10.0. The molecule has 2 amide bonds. The second-order valence-electron chi connectivity index (χ2n) is 5.00. The summed E-state index contributed by atoms with van der Waals surface area (Å²) in [6.07, 6.45) is 4.19. The highest BCUT2D eigenvalue weighted by Gasteiger charge is 2.34. The van der Waals surface area contributed by atoms with E-state index in [0.29, 0.717) is 6.54 Å². The van der Waals surface area contributed by atoms with Gasteiger partial charge in [0, 0.05) is 19.6 Å². The Morgan fingerprint density at radius 3 is 2.37 bits per heavy atom. The van der Waals surface area contributed by atoms with Gasteiger partial charge in [-0.15, -0.1) is 0 Å². The summed E-state index contributed by atoms with van der Waals surface area (Å²) >= 11 is 0. The van der Waals surface area contributed by atoms with Gasteiger partial charge >= 0.3 is 6.09 Å². The first-order valence-electron chi connectivity index (χ1n) is 7.29. The summed E-state index contributed by atoms with van der Waals surface area (Å²) in [7, 11) is 1.37. The molecule has 0 radical (unpaired) electrons. The minimum Gasteiger partial charge on any atom is -0.453 e. The maximum absolute atomic E-state index is 12.6. The van der Waals surface area contributed by atoms with Gasteiger partial charge in [0.15, 0.2) is 0 Å². The predicted octanol–water partition coefficient (Wildman–Crippen LogP) is 2.26. The van der Waals surface area contributed by atoms with E-state index in [1.54, 1.807) is 4.90 Å². The van der Waals surface area contributed by atoms with Gasteiger partial charge in [-0.25, -0.2) is 4.79 Å². The SMILES string of the molecule is CCCN(CCC)C(=O)[C@H]1CCCCN1C(=O)OC. The summed E-state index contributed by atoms with van der Waals surface area (Å²) in [6.45, 7) is 6.27. The highest BCUT2D eigenvalue weighted by molar-refractivity contribution is 5.86. The van der Waals surface area contributed by atoms with Gasteiger partial charge in [-0.3, -0.25) is 9.69 Å². The first-order valence-corrected chi connectivity index (χ1v) is 7.29. The van der Waals surface area contributed by atoms with Crippen molar-refractivity contribution in [3.8, 4) is 0 Å². The molecule has 1 fully saturated rings. The van der Waals surface area contributed by atoms with Crippen LogP contribution in [0.25, 0.3) is 0 Å². The number of hydrogen-bond donors (Lipinski definition) is 0. The fraction of sp³-hybridized carbons (Fsp3) is 0.857. The molecule has 0 N–H and O–H groups in total. The second-order valence-corrected chi connectivity index (χ2v) is 5.00. The van der Waals surface area contributed by atoms with E-state index in [4.69, 9.17) is 4.74 Å². The normalized spacial score (nSPS) is 19.1. The van der Waals surface area contributed by atoms with Crippen molar-refractivity contribution in [3.63, 3.8) is 0 Å². The van der Waals surface area contributed by atoms with Crippen molar-refractivity contribution in [1.29, 1.82) is 0 Å². The molecule has 0 aromatic carbocycles. The third-order valence-electron chi connectivity index (χ3n) is 3.50. The topological polar surface area (TPSA) is 49.9 Å². The van der Waals surface area contributed by atoms with E-state index in [0.717, 1.165) is 45.2 Å². The van der Waals surface area contributed by atoms with Crippen molar-refractivity contribution in [2.75, 3.05) is 26.7 Å². The first-order chi connectivity index (χ1) is 9.15. The maximum atomic E-state index is 12.6. The third-order valence-corrected chi connectivity index (χ3v) is 3.50.